The van der Waals surface area contributed by atoms with E-state index in [2.05, 4.69) is 4.74 Å². The smallest absolute Gasteiger partial charge is 0.225 e. The first kappa shape index (κ1) is 17.9. The van der Waals surface area contributed by atoms with E-state index in [-0.39, 0.29) is 18.6 Å². The van der Waals surface area contributed by atoms with Gasteiger partial charge in [0.2, 0.25) is 5.79 Å². The zero-order valence-corrected chi connectivity index (χ0v) is 16.3. The molecular formula is C21H22ClFO7. The molecule has 2 aliphatic heterocycles. The maximum Gasteiger partial charge on any atom is 0.225 e. The third-order valence-corrected chi connectivity index (χ3v) is 6.05. The molecule has 0 aromatic heterocycles. The van der Waals surface area contributed by atoms with E-state index < -0.39 is 54.9 Å². The predicted molar refractivity (Wildman–Crippen MR) is 104 cm³/mol. The standard InChI is InChI=1S/C21H22ClFO7/c1-28-16-5-2-11(7-15(16)23)6-12-8-13(3-4-14(12)22)21-19(27)17(25)18(26)20(9-24,30-21)10-29-21/h2-5,7-8,17-19,24-27H,6,9-10H2,1H3/t17-,18-,19+,20?,21?/m0/s1/i1D3. The van der Waals surface area contributed by atoms with Crippen molar-refractivity contribution in [2.45, 2.75) is 36.1 Å². The average molecular weight is 444 g/mol. The molecule has 2 aromatic carbocycles. The van der Waals surface area contributed by atoms with E-state index in [9.17, 15) is 24.8 Å². The van der Waals surface area contributed by atoms with Gasteiger partial charge in [-0.2, -0.15) is 0 Å². The summed E-state index contributed by atoms with van der Waals surface area (Å²) in [5.41, 5.74) is -0.382. The van der Waals surface area contributed by atoms with Crippen molar-refractivity contribution in [3.05, 3.63) is 63.9 Å². The minimum Gasteiger partial charge on any atom is -0.494 e. The maximum atomic E-state index is 14.3. The molecule has 4 rings (SSSR count). The zero-order valence-electron chi connectivity index (χ0n) is 18.6. The summed E-state index contributed by atoms with van der Waals surface area (Å²) in [6.07, 6.45) is -4.76. The van der Waals surface area contributed by atoms with E-state index in [4.69, 9.17) is 25.2 Å². The SMILES string of the molecule is [2H]C([2H])([2H])Oc1ccc(Cc2cc(C34OCC(CO)(O3)[C@@H](O)[C@H](O)[C@H]4O)ccc2Cl)cc1F. The first-order chi connectivity index (χ1) is 15.4. The quantitative estimate of drug-likeness (QED) is 0.548. The van der Waals surface area contributed by atoms with Crippen LogP contribution in [0.1, 0.15) is 20.8 Å². The topological polar surface area (TPSA) is 109 Å². The molecule has 2 aliphatic rings. The van der Waals surface area contributed by atoms with Crippen LogP contribution < -0.4 is 4.74 Å². The number of rotatable bonds is 5. The van der Waals surface area contributed by atoms with Crippen molar-refractivity contribution in [3.63, 3.8) is 0 Å². The third kappa shape index (κ3) is 3.20. The summed E-state index contributed by atoms with van der Waals surface area (Å²) in [6.45, 7) is -0.920. The van der Waals surface area contributed by atoms with E-state index >= 15 is 0 Å². The monoisotopic (exact) mass is 443 g/mol. The number of fused-ring (bicyclic) bond motifs is 2. The van der Waals surface area contributed by atoms with Crippen molar-refractivity contribution in [2.24, 2.45) is 0 Å². The van der Waals surface area contributed by atoms with Crippen LogP contribution in [0.5, 0.6) is 5.75 Å². The van der Waals surface area contributed by atoms with Gasteiger partial charge in [-0.15, -0.1) is 0 Å². The van der Waals surface area contributed by atoms with Crippen LogP contribution >= 0.6 is 11.6 Å². The molecule has 0 amide bonds. The van der Waals surface area contributed by atoms with E-state index in [0.717, 1.165) is 6.07 Å². The van der Waals surface area contributed by atoms with Gasteiger partial charge in [0, 0.05) is 10.6 Å². The molecule has 162 valence electrons. The molecule has 2 unspecified atom stereocenters. The second-order valence-electron chi connectivity index (χ2n) is 7.51. The van der Waals surface area contributed by atoms with Gasteiger partial charge in [0.1, 0.15) is 23.9 Å². The average Bonchev–Trinajstić information content (AvgIpc) is 3.14. The van der Waals surface area contributed by atoms with Gasteiger partial charge in [-0.3, -0.25) is 0 Å². The number of aliphatic hydroxyl groups excluding tert-OH is 4. The van der Waals surface area contributed by atoms with Gasteiger partial charge in [0.15, 0.2) is 11.6 Å². The van der Waals surface area contributed by atoms with Crippen molar-refractivity contribution in [1.29, 1.82) is 0 Å². The fraction of sp³-hybridized carbons (Fsp3) is 0.429. The molecule has 7 nitrogen and oxygen atoms in total. The molecule has 5 atom stereocenters. The number of ether oxygens (including phenoxy) is 3. The second-order valence-corrected chi connectivity index (χ2v) is 7.92. The Balaban J connectivity index is 1.65. The van der Waals surface area contributed by atoms with Crippen LogP contribution in [0, 0.1) is 5.82 Å². The van der Waals surface area contributed by atoms with Gasteiger partial charge >= 0.3 is 0 Å². The largest absolute Gasteiger partial charge is 0.494 e. The van der Waals surface area contributed by atoms with Crippen LogP contribution in [0.4, 0.5) is 4.39 Å². The highest BCUT2D eigenvalue weighted by atomic mass is 35.5. The van der Waals surface area contributed by atoms with Crippen molar-refractivity contribution in [3.8, 4) is 5.75 Å². The number of halogens is 2. The molecule has 0 radical (unpaired) electrons. The number of benzene rings is 2. The third-order valence-electron chi connectivity index (χ3n) is 5.68. The zero-order chi connectivity index (χ0) is 24.2. The molecule has 2 bridgehead atoms. The molecule has 0 saturated carbocycles. The Morgan fingerprint density at radius 1 is 1.23 bits per heavy atom. The highest BCUT2D eigenvalue weighted by molar-refractivity contribution is 6.31. The van der Waals surface area contributed by atoms with Gasteiger partial charge in [0.05, 0.1) is 24.4 Å². The molecule has 2 aromatic rings. The van der Waals surface area contributed by atoms with E-state index in [1.54, 1.807) is 6.07 Å². The molecule has 0 spiro atoms. The Labute approximate surface area is 181 Å². The summed E-state index contributed by atoms with van der Waals surface area (Å²) < 4.78 is 51.7. The van der Waals surface area contributed by atoms with Gasteiger partial charge in [-0.05, 0) is 41.8 Å². The fourth-order valence-corrected chi connectivity index (χ4v) is 4.14. The normalized spacial score (nSPS) is 34.9. The first-order valence-corrected chi connectivity index (χ1v) is 9.54. The Hall–Kier alpha value is -1.78. The Bertz CT molecular complexity index is 1060. The first-order valence-electron chi connectivity index (χ1n) is 10.7. The van der Waals surface area contributed by atoms with Crippen LogP contribution in [-0.2, 0) is 21.7 Å². The molecule has 2 heterocycles. The Kier molecular flexibility index (Phi) is 4.60. The van der Waals surface area contributed by atoms with Crippen LogP contribution in [0.25, 0.3) is 0 Å². The van der Waals surface area contributed by atoms with Gasteiger partial charge in [0.25, 0.3) is 0 Å². The van der Waals surface area contributed by atoms with Crippen molar-refractivity contribution >= 4 is 11.6 Å². The molecule has 30 heavy (non-hydrogen) atoms. The van der Waals surface area contributed by atoms with Crippen LogP contribution in [0.15, 0.2) is 36.4 Å². The second kappa shape index (κ2) is 7.72. The number of aliphatic hydroxyl groups is 4. The van der Waals surface area contributed by atoms with Gasteiger partial charge < -0.3 is 34.6 Å². The lowest BCUT2D eigenvalue weighted by atomic mass is 9.83. The minimum absolute atomic E-state index is 0.125. The molecular weight excluding hydrogens is 419 g/mol. The van der Waals surface area contributed by atoms with Crippen LogP contribution in [0.3, 0.4) is 0 Å². The van der Waals surface area contributed by atoms with Crippen LogP contribution in [-0.4, -0.2) is 64.6 Å². The number of hydrogen-bond donors (Lipinski definition) is 4. The molecule has 9 heteroatoms. The Morgan fingerprint density at radius 2 is 2.03 bits per heavy atom. The summed E-state index contributed by atoms with van der Waals surface area (Å²) in [6, 6.07) is 8.39. The molecule has 4 N–H and O–H groups in total. The minimum atomic E-state index is -2.79. The lowest BCUT2D eigenvalue weighted by Gasteiger charge is -2.46. The highest BCUT2D eigenvalue weighted by Crippen LogP contribution is 2.49. The lowest BCUT2D eigenvalue weighted by Crippen LogP contribution is -2.65. The predicted octanol–water partition coefficient (Wildman–Crippen LogP) is 1.11. The van der Waals surface area contributed by atoms with E-state index in [1.165, 1.54) is 24.3 Å². The van der Waals surface area contributed by atoms with Crippen molar-refractivity contribution < 1.29 is 43.1 Å². The summed E-state index contributed by atoms with van der Waals surface area (Å²) in [7, 11) is -2.79. The van der Waals surface area contributed by atoms with E-state index in [1.807, 2.05) is 0 Å². The van der Waals surface area contributed by atoms with Crippen LogP contribution in [0.2, 0.25) is 5.02 Å². The highest BCUT2D eigenvalue weighted by Gasteiger charge is 2.67. The number of hydrogen-bond acceptors (Lipinski definition) is 7. The summed E-state index contributed by atoms with van der Waals surface area (Å²) in [4.78, 5) is 0. The summed E-state index contributed by atoms with van der Waals surface area (Å²) >= 11 is 6.32. The van der Waals surface area contributed by atoms with Gasteiger partial charge in [-0.1, -0.05) is 23.7 Å². The fourth-order valence-electron chi connectivity index (χ4n) is 3.96. The molecule has 0 aliphatic carbocycles. The van der Waals surface area contributed by atoms with Crippen molar-refractivity contribution in [2.75, 3.05) is 20.3 Å². The summed E-state index contributed by atoms with van der Waals surface area (Å²) in [5, 5.41) is 41.4. The van der Waals surface area contributed by atoms with Crippen molar-refractivity contribution in [1.82, 2.24) is 0 Å². The maximum absolute atomic E-state index is 14.3. The van der Waals surface area contributed by atoms with E-state index in [0.29, 0.717) is 16.1 Å². The summed E-state index contributed by atoms with van der Waals surface area (Å²) in [5.74, 6) is -3.13. The lowest BCUT2D eigenvalue weighted by molar-refractivity contribution is -0.329. The molecule has 2 fully saturated rings. The molecule has 2 saturated heterocycles. The van der Waals surface area contributed by atoms with Gasteiger partial charge in [-0.25, -0.2) is 4.39 Å². The number of methoxy groups -OCH3 is 1. The Morgan fingerprint density at radius 3 is 2.73 bits per heavy atom.